The molecule has 1 saturated carbocycles. The van der Waals surface area contributed by atoms with Gasteiger partial charge in [-0.05, 0) is 31.0 Å². The van der Waals surface area contributed by atoms with Crippen molar-refractivity contribution >= 4 is 27.6 Å². The topological polar surface area (TPSA) is 61.4 Å². The zero-order valence-corrected chi connectivity index (χ0v) is 11.3. The molecule has 0 heterocycles. The molecular weight excluding hydrogens is 303 g/mol. The number of urea groups is 1. The smallest absolute Gasteiger partial charge is 0.319 e. The number of hydrogen-bond donors (Lipinski definition) is 3. The lowest BCUT2D eigenvalue weighted by Crippen LogP contribution is -2.35. The van der Waals surface area contributed by atoms with Crippen molar-refractivity contribution in [1.82, 2.24) is 5.32 Å². The second kappa shape index (κ2) is 5.24. The average Bonchev–Trinajstić information content (AvgIpc) is 3.11. The molecule has 1 aromatic carbocycles. The van der Waals surface area contributed by atoms with Crippen molar-refractivity contribution in [3.8, 4) is 0 Å². The van der Waals surface area contributed by atoms with E-state index in [1.807, 2.05) is 0 Å². The molecule has 0 saturated heterocycles. The van der Waals surface area contributed by atoms with Crippen LogP contribution in [0.1, 0.15) is 12.8 Å². The number of amides is 2. The van der Waals surface area contributed by atoms with Crippen molar-refractivity contribution in [3.63, 3.8) is 0 Å². The number of benzene rings is 1. The van der Waals surface area contributed by atoms with E-state index in [0.717, 1.165) is 12.8 Å². The van der Waals surface area contributed by atoms with E-state index in [-0.39, 0.29) is 17.7 Å². The quantitative estimate of drug-likeness (QED) is 0.799. The molecule has 0 unspecified atom stereocenters. The molecule has 18 heavy (non-hydrogen) atoms. The van der Waals surface area contributed by atoms with Crippen LogP contribution in [0.15, 0.2) is 22.7 Å². The fourth-order valence-corrected chi connectivity index (χ4v) is 1.93. The van der Waals surface area contributed by atoms with Gasteiger partial charge in [0.2, 0.25) is 0 Å². The highest BCUT2D eigenvalue weighted by Gasteiger charge is 2.42. The Morgan fingerprint density at radius 3 is 2.78 bits per heavy atom. The monoisotopic (exact) mass is 316 g/mol. The van der Waals surface area contributed by atoms with Gasteiger partial charge in [-0.25, -0.2) is 9.18 Å². The Morgan fingerprint density at radius 1 is 1.50 bits per heavy atom. The lowest BCUT2D eigenvalue weighted by atomic mass is 10.1. The van der Waals surface area contributed by atoms with Crippen LogP contribution >= 0.6 is 15.9 Å². The van der Waals surface area contributed by atoms with Crippen LogP contribution in [-0.2, 0) is 0 Å². The Kier molecular flexibility index (Phi) is 3.87. The minimum Gasteiger partial charge on any atom is -0.396 e. The molecule has 3 N–H and O–H groups in total. The van der Waals surface area contributed by atoms with E-state index in [0.29, 0.717) is 11.0 Å². The van der Waals surface area contributed by atoms with Crippen molar-refractivity contribution in [2.75, 3.05) is 18.5 Å². The molecule has 1 aromatic rings. The van der Waals surface area contributed by atoms with Gasteiger partial charge in [-0.1, -0.05) is 15.9 Å². The van der Waals surface area contributed by atoms with Crippen LogP contribution in [-0.4, -0.2) is 24.3 Å². The van der Waals surface area contributed by atoms with Gasteiger partial charge in [0.25, 0.3) is 0 Å². The first-order chi connectivity index (χ1) is 8.54. The second-order valence-corrected chi connectivity index (χ2v) is 5.51. The Morgan fingerprint density at radius 2 is 2.22 bits per heavy atom. The summed E-state index contributed by atoms with van der Waals surface area (Å²) in [5, 5.41) is 14.2. The van der Waals surface area contributed by atoms with Crippen LogP contribution in [0, 0.1) is 11.2 Å². The number of nitrogens with one attached hydrogen (secondary N) is 2. The van der Waals surface area contributed by atoms with Gasteiger partial charge in [0.1, 0.15) is 5.82 Å². The molecule has 0 spiro atoms. The van der Waals surface area contributed by atoms with Gasteiger partial charge in [0, 0.05) is 16.4 Å². The van der Waals surface area contributed by atoms with E-state index in [1.54, 1.807) is 6.07 Å². The lowest BCUT2D eigenvalue weighted by molar-refractivity contribution is 0.206. The molecule has 6 heteroatoms. The number of carbonyl (C=O) groups excluding carboxylic acids is 1. The summed E-state index contributed by atoms with van der Waals surface area (Å²) in [6.45, 7) is 0.480. The summed E-state index contributed by atoms with van der Waals surface area (Å²) in [6.07, 6.45) is 1.83. The van der Waals surface area contributed by atoms with Crippen LogP contribution in [0.25, 0.3) is 0 Å². The van der Waals surface area contributed by atoms with Crippen molar-refractivity contribution in [2.24, 2.45) is 5.41 Å². The Balaban J connectivity index is 1.87. The molecule has 1 aliphatic rings. The largest absolute Gasteiger partial charge is 0.396 e. The van der Waals surface area contributed by atoms with Gasteiger partial charge in [0.05, 0.1) is 12.3 Å². The van der Waals surface area contributed by atoms with E-state index >= 15 is 0 Å². The van der Waals surface area contributed by atoms with Crippen molar-refractivity contribution in [2.45, 2.75) is 12.8 Å². The van der Waals surface area contributed by atoms with E-state index in [2.05, 4.69) is 26.6 Å². The van der Waals surface area contributed by atoms with E-state index < -0.39 is 11.8 Å². The minimum atomic E-state index is -0.497. The number of aliphatic hydroxyl groups is 1. The summed E-state index contributed by atoms with van der Waals surface area (Å²) >= 11 is 3.14. The maximum Gasteiger partial charge on any atom is 0.319 e. The first kappa shape index (κ1) is 13.3. The summed E-state index contributed by atoms with van der Waals surface area (Å²) < 4.78 is 14.1. The minimum absolute atomic E-state index is 0.0694. The van der Waals surface area contributed by atoms with Crippen LogP contribution in [0.3, 0.4) is 0 Å². The number of carbonyl (C=O) groups is 1. The third-order valence-corrected chi connectivity index (χ3v) is 3.59. The predicted molar refractivity (Wildman–Crippen MR) is 69.9 cm³/mol. The van der Waals surface area contributed by atoms with Gasteiger partial charge < -0.3 is 15.7 Å². The highest BCUT2D eigenvalue weighted by atomic mass is 79.9. The Bertz CT molecular complexity index is 463. The molecule has 0 radical (unpaired) electrons. The summed E-state index contributed by atoms with van der Waals surface area (Å²) in [6, 6.07) is 3.95. The molecule has 0 aromatic heterocycles. The highest BCUT2D eigenvalue weighted by Crippen LogP contribution is 2.44. The SMILES string of the molecule is O=C(NCC1(CO)CC1)Nc1ccc(Br)cc1F. The summed E-state index contributed by atoms with van der Waals surface area (Å²) in [5.41, 5.74) is -0.0279. The fraction of sp³-hybridized carbons (Fsp3) is 0.417. The molecule has 2 amide bonds. The third kappa shape index (κ3) is 3.20. The zero-order valence-electron chi connectivity index (χ0n) is 9.67. The van der Waals surface area contributed by atoms with Crippen molar-refractivity contribution in [1.29, 1.82) is 0 Å². The van der Waals surface area contributed by atoms with Gasteiger partial charge in [0.15, 0.2) is 0 Å². The lowest BCUT2D eigenvalue weighted by Gasteiger charge is -2.13. The van der Waals surface area contributed by atoms with Gasteiger partial charge in [-0.2, -0.15) is 0 Å². The Hall–Kier alpha value is -1.14. The van der Waals surface area contributed by atoms with Crippen LogP contribution in [0.2, 0.25) is 0 Å². The number of anilines is 1. The molecule has 2 rings (SSSR count). The summed E-state index contributed by atoms with van der Waals surface area (Å²) in [4.78, 5) is 11.6. The maximum atomic E-state index is 13.5. The Labute approximate surface area is 113 Å². The van der Waals surface area contributed by atoms with Gasteiger partial charge in [-0.3, -0.25) is 0 Å². The number of aliphatic hydroxyl groups excluding tert-OH is 1. The first-order valence-electron chi connectivity index (χ1n) is 5.65. The number of rotatable bonds is 4. The zero-order chi connectivity index (χ0) is 13.2. The summed E-state index contributed by atoms with van der Waals surface area (Å²) in [7, 11) is 0. The van der Waals surface area contributed by atoms with Crippen LogP contribution in [0.4, 0.5) is 14.9 Å². The maximum absolute atomic E-state index is 13.5. The fourth-order valence-electron chi connectivity index (χ4n) is 1.59. The van der Waals surface area contributed by atoms with Gasteiger partial charge >= 0.3 is 6.03 Å². The van der Waals surface area contributed by atoms with Crippen LogP contribution < -0.4 is 10.6 Å². The van der Waals surface area contributed by atoms with Crippen molar-refractivity contribution in [3.05, 3.63) is 28.5 Å². The second-order valence-electron chi connectivity index (χ2n) is 4.59. The van der Waals surface area contributed by atoms with E-state index in [1.165, 1.54) is 12.1 Å². The third-order valence-electron chi connectivity index (χ3n) is 3.10. The molecular formula is C12H14BrFN2O2. The summed E-state index contributed by atoms with van der Waals surface area (Å²) in [5.74, 6) is -0.497. The highest BCUT2D eigenvalue weighted by molar-refractivity contribution is 9.10. The number of hydrogen-bond acceptors (Lipinski definition) is 2. The molecule has 1 fully saturated rings. The van der Waals surface area contributed by atoms with Gasteiger partial charge in [-0.15, -0.1) is 0 Å². The van der Waals surface area contributed by atoms with Crippen molar-refractivity contribution < 1.29 is 14.3 Å². The molecule has 1 aliphatic carbocycles. The molecule has 0 bridgehead atoms. The average molecular weight is 317 g/mol. The van der Waals surface area contributed by atoms with E-state index in [9.17, 15) is 9.18 Å². The normalized spacial score (nSPS) is 16.2. The predicted octanol–water partition coefficient (Wildman–Crippen LogP) is 2.48. The molecule has 98 valence electrons. The van der Waals surface area contributed by atoms with E-state index in [4.69, 9.17) is 5.11 Å². The number of halogens is 2. The van der Waals surface area contributed by atoms with Crippen LogP contribution in [0.5, 0.6) is 0 Å². The standard InChI is InChI=1S/C12H14BrFN2O2/c13-8-1-2-10(9(14)5-8)16-11(18)15-6-12(7-17)3-4-12/h1-2,5,17H,3-4,6-7H2,(H2,15,16,18). The molecule has 0 atom stereocenters. The molecule has 0 aliphatic heterocycles. The molecule has 4 nitrogen and oxygen atoms in total. The first-order valence-corrected chi connectivity index (χ1v) is 6.45.